The van der Waals surface area contributed by atoms with Gasteiger partial charge in [0.25, 0.3) is 0 Å². The fourth-order valence-electron chi connectivity index (χ4n) is 4.68. The topological polar surface area (TPSA) is 120 Å². The quantitative estimate of drug-likeness (QED) is 0.550. The number of unbranched alkanes of at least 4 members (excludes halogenated alkanes) is 1. The highest BCUT2D eigenvalue weighted by Crippen LogP contribution is 2.44. The number of ether oxygens (including phenoxy) is 1. The Morgan fingerprint density at radius 3 is 2.26 bits per heavy atom. The van der Waals surface area contributed by atoms with E-state index in [9.17, 15) is 19.5 Å². The summed E-state index contributed by atoms with van der Waals surface area (Å²) in [4.78, 5) is 38.6. The van der Waals surface area contributed by atoms with Gasteiger partial charge < -0.3 is 20.1 Å². The molecule has 2 aliphatic carbocycles. The van der Waals surface area contributed by atoms with Crippen molar-refractivity contribution in [2.24, 2.45) is 0 Å². The summed E-state index contributed by atoms with van der Waals surface area (Å²) in [5.41, 5.74) is 3.17. The van der Waals surface area contributed by atoms with Crippen LogP contribution in [0.4, 0.5) is 4.79 Å². The average molecular weight is 462 g/mol. The fourth-order valence-corrected chi connectivity index (χ4v) is 4.68. The summed E-state index contributed by atoms with van der Waals surface area (Å²) in [5.74, 6) is -1.66. The predicted molar refractivity (Wildman–Crippen MR) is 124 cm³/mol. The number of hydrogen-bond donors (Lipinski definition) is 2. The number of amides is 2. The Morgan fingerprint density at radius 1 is 1.15 bits per heavy atom. The van der Waals surface area contributed by atoms with Crippen molar-refractivity contribution < 1.29 is 24.2 Å². The van der Waals surface area contributed by atoms with Crippen LogP contribution in [-0.4, -0.2) is 53.2 Å². The van der Waals surface area contributed by atoms with E-state index in [-0.39, 0.29) is 25.4 Å². The first kappa shape index (κ1) is 23.3. The van der Waals surface area contributed by atoms with E-state index in [1.807, 2.05) is 54.6 Å². The minimum Gasteiger partial charge on any atom is -0.479 e. The van der Waals surface area contributed by atoms with E-state index in [0.717, 1.165) is 22.3 Å². The van der Waals surface area contributed by atoms with Gasteiger partial charge in [-0.3, -0.25) is 4.79 Å². The first-order valence-corrected chi connectivity index (χ1v) is 11.4. The molecule has 2 aromatic rings. The highest BCUT2D eigenvalue weighted by Gasteiger charge is 2.56. The number of nitrogens with zero attached hydrogens (tertiary/aromatic N) is 2. The van der Waals surface area contributed by atoms with Gasteiger partial charge in [0.05, 0.1) is 6.07 Å². The molecule has 176 valence electrons. The van der Waals surface area contributed by atoms with Crippen LogP contribution in [0.15, 0.2) is 48.5 Å². The van der Waals surface area contributed by atoms with Gasteiger partial charge in [0.2, 0.25) is 5.91 Å². The zero-order chi connectivity index (χ0) is 24.3. The number of fused-ring (bicyclic) bond motifs is 3. The number of carboxylic acids is 1. The summed E-state index contributed by atoms with van der Waals surface area (Å²) < 4.78 is 5.55. The van der Waals surface area contributed by atoms with Gasteiger partial charge in [-0.25, -0.2) is 9.59 Å². The van der Waals surface area contributed by atoms with Gasteiger partial charge in [-0.2, -0.15) is 5.26 Å². The normalized spacial score (nSPS) is 15.9. The number of nitrogens with one attached hydrogen (secondary N) is 1. The number of alkyl carbamates (subject to hydrolysis) is 1. The summed E-state index contributed by atoms with van der Waals surface area (Å²) in [6, 6.07) is 17.0. The molecule has 2 N–H and O–H groups in total. The van der Waals surface area contributed by atoms with E-state index in [4.69, 9.17) is 10.00 Å². The van der Waals surface area contributed by atoms with Crippen molar-refractivity contribution in [3.05, 3.63) is 59.7 Å². The first-order chi connectivity index (χ1) is 16.4. The maximum atomic E-state index is 13.1. The molecule has 2 aliphatic rings. The van der Waals surface area contributed by atoms with Crippen LogP contribution in [0.2, 0.25) is 0 Å². The minimum absolute atomic E-state index is 0.105. The Morgan fingerprint density at radius 2 is 1.74 bits per heavy atom. The fraction of sp³-hybridized carbons (Fsp3) is 0.385. The first-order valence-electron chi connectivity index (χ1n) is 11.4. The van der Waals surface area contributed by atoms with Crippen LogP contribution in [-0.2, 0) is 14.3 Å². The Kier molecular flexibility index (Phi) is 6.55. The molecule has 0 spiro atoms. The Labute approximate surface area is 198 Å². The molecule has 1 unspecified atom stereocenters. The Balaban J connectivity index is 1.44. The summed E-state index contributed by atoms with van der Waals surface area (Å²) in [7, 11) is 1.44. The van der Waals surface area contributed by atoms with E-state index in [2.05, 4.69) is 5.32 Å². The van der Waals surface area contributed by atoms with E-state index < -0.39 is 29.6 Å². The number of carbonyl (C=O) groups is 3. The second kappa shape index (κ2) is 9.56. The molecule has 0 heterocycles. The van der Waals surface area contributed by atoms with Gasteiger partial charge in [0.1, 0.15) is 18.2 Å². The van der Waals surface area contributed by atoms with Gasteiger partial charge in [-0.1, -0.05) is 48.5 Å². The number of rotatable bonds is 9. The lowest BCUT2D eigenvalue weighted by Gasteiger charge is -2.29. The summed E-state index contributed by atoms with van der Waals surface area (Å²) >= 11 is 0. The Bertz CT molecular complexity index is 1110. The lowest BCUT2D eigenvalue weighted by molar-refractivity contribution is -0.151. The zero-order valence-electron chi connectivity index (χ0n) is 19.0. The van der Waals surface area contributed by atoms with Crippen LogP contribution < -0.4 is 5.32 Å². The molecule has 1 fully saturated rings. The molecular weight excluding hydrogens is 434 g/mol. The molecule has 1 atom stereocenters. The third kappa shape index (κ3) is 4.34. The minimum atomic E-state index is -1.21. The molecule has 0 bridgehead atoms. The molecule has 8 nitrogen and oxygen atoms in total. The standard InChI is InChI=1S/C26H27N3O5/c1-29(26(13-14-26)24(31)32)23(30)22(12-6-7-15-27)28-25(33)34-16-21-19-10-4-2-8-17(19)18-9-3-5-11-20(18)21/h2-5,8-11,21-22H,6-7,12-14,16H2,1H3,(H,28,33)(H,31,32). The van der Waals surface area contributed by atoms with Crippen LogP contribution in [0.5, 0.6) is 0 Å². The highest BCUT2D eigenvalue weighted by atomic mass is 16.5. The van der Waals surface area contributed by atoms with E-state index in [0.29, 0.717) is 19.3 Å². The molecule has 0 saturated heterocycles. The maximum absolute atomic E-state index is 13.1. The third-order valence-corrected chi connectivity index (χ3v) is 6.81. The molecule has 4 rings (SSSR count). The van der Waals surface area contributed by atoms with E-state index in [1.54, 1.807) is 0 Å². The van der Waals surface area contributed by atoms with Crippen molar-refractivity contribution in [3.63, 3.8) is 0 Å². The lowest BCUT2D eigenvalue weighted by atomic mass is 9.98. The number of carbonyl (C=O) groups excluding carboxylic acids is 2. The lowest BCUT2D eigenvalue weighted by Crippen LogP contribution is -2.53. The van der Waals surface area contributed by atoms with Crippen molar-refractivity contribution in [1.29, 1.82) is 5.26 Å². The molecule has 2 aromatic carbocycles. The SMILES string of the molecule is CN(C(=O)C(CCCC#N)NC(=O)OCC1c2ccccc2-c2ccccc21)C1(C(=O)O)CC1. The second-order valence-corrected chi connectivity index (χ2v) is 8.81. The summed E-state index contributed by atoms with van der Waals surface area (Å²) in [6.45, 7) is 0.105. The number of hydrogen-bond acceptors (Lipinski definition) is 5. The monoisotopic (exact) mass is 461 g/mol. The van der Waals surface area contributed by atoms with Crippen LogP contribution in [0, 0.1) is 11.3 Å². The number of likely N-dealkylation sites (N-methyl/N-ethyl adjacent to an activating group) is 1. The smallest absolute Gasteiger partial charge is 0.407 e. The predicted octanol–water partition coefficient (Wildman–Crippen LogP) is 3.66. The zero-order valence-corrected chi connectivity index (χ0v) is 19.0. The second-order valence-electron chi connectivity index (χ2n) is 8.81. The van der Waals surface area contributed by atoms with Crippen molar-refractivity contribution in [1.82, 2.24) is 10.2 Å². The van der Waals surface area contributed by atoms with Crippen molar-refractivity contribution in [3.8, 4) is 17.2 Å². The number of aliphatic carboxylic acids is 1. The van der Waals surface area contributed by atoms with Gasteiger partial charge in [0.15, 0.2) is 0 Å². The average Bonchev–Trinajstić information content (AvgIpc) is 3.60. The van der Waals surface area contributed by atoms with Crippen molar-refractivity contribution in [2.75, 3.05) is 13.7 Å². The van der Waals surface area contributed by atoms with Gasteiger partial charge in [-0.15, -0.1) is 0 Å². The number of benzene rings is 2. The van der Waals surface area contributed by atoms with Crippen LogP contribution >= 0.6 is 0 Å². The molecule has 0 aromatic heterocycles. The van der Waals surface area contributed by atoms with Crippen LogP contribution in [0.3, 0.4) is 0 Å². The highest BCUT2D eigenvalue weighted by molar-refractivity contribution is 5.93. The summed E-state index contributed by atoms with van der Waals surface area (Å²) in [6.07, 6.45) is 0.845. The molecular formula is C26H27N3O5. The van der Waals surface area contributed by atoms with Crippen LogP contribution in [0.1, 0.15) is 49.1 Å². The van der Waals surface area contributed by atoms with Crippen molar-refractivity contribution >= 4 is 18.0 Å². The van der Waals surface area contributed by atoms with E-state index in [1.165, 1.54) is 11.9 Å². The summed E-state index contributed by atoms with van der Waals surface area (Å²) in [5, 5.41) is 21.0. The van der Waals surface area contributed by atoms with Gasteiger partial charge in [-0.05, 0) is 47.9 Å². The molecule has 2 amide bonds. The number of nitriles is 1. The van der Waals surface area contributed by atoms with E-state index >= 15 is 0 Å². The molecule has 8 heteroatoms. The number of carboxylic acid groups (broad SMARTS) is 1. The van der Waals surface area contributed by atoms with Gasteiger partial charge in [0, 0.05) is 19.4 Å². The third-order valence-electron chi connectivity index (χ3n) is 6.81. The largest absolute Gasteiger partial charge is 0.479 e. The van der Waals surface area contributed by atoms with Crippen LogP contribution in [0.25, 0.3) is 11.1 Å². The Hall–Kier alpha value is -3.86. The molecule has 34 heavy (non-hydrogen) atoms. The maximum Gasteiger partial charge on any atom is 0.407 e. The van der Waals surface area contributed by atoms with Crippen molar-refractivity contribution in [2.45, 2.75) is 49.6 Å². The van der Waals surface area contributed by atoms with Gasteiger partial charge >= 0.3 is 12.1 Å². The molecule has 0 radical (unpaired) electrons. The molecule has 1 saturated carbocycles. The molecule has 0 aliphatic heterocycles.